The molecule has 8 N–H and O–H groups in total. The fraction of sp³-hybridized carbons (Fsp3) is 1.00. The molecule has 1 rings (SSSR count). The monoisotopic (exact) mass is 212 g/mol. The number of rotatable bonds is 0. The van der Waals surface area contributed by atoms with Crippen molar-refractivity contribution in [1.29, 1.82) is 0 Å². The van der Waals surface area contributed by atoms with E-state index < -0.39 is 36.0 Å². The van der Waals surface area contributed by atoms with E-state index in [1.807, 2.05) is 0 Å². The minimum atomic E-state index is -3.54. The molecule has 0 radical (unpaired) electrons. The summed E-state index contributed by atoms with van der Waals surface area (Å²) < 4.78 is 0. The maximum atomic E-state index is 9.00. The third-order valence-corrected chi connectivity index (χ3v) is 2.36. The lowest BCUT2D eigenvalue weighted by atomic mass is 9.79. The van der Waals surface area contributed by atoms with Gasteiger partial charge in [-0.2, -0.15) is 0 Å². The van der Waals surface area contributed by atoms with Gasteiger partial charge in [0, 0.05) is 0 Å². The molecule has 8 nitrogen and oxygen atoms in total. The Balaban J connectivity index is 3.10. The first-order chi connectivity index (χ1) is 6.14. The van der Waals surface area contributed by atoms with Crippen molar-refractivity contribution in [2.75, 3.05) is 0 Å². The minimum absolute atomic E-state index is 2.10. The summed E-state index contributed by atoms with van der Waals surface area (Å²) >= 11 is 0. The van der Waals surface area contributed by atoms with Crippen molar-refractivity contribution in [2.45, 2.75) is 36.0 Å². The Bertz CT molecular complexity index is 202. The molecule has 0 aliphatic heterocycles. The largest absolute Gasteiger partial charge is 0.387 e. The van der Waals surface area contributed by atoms with E-state index in [0.29, 0.717) is 0 Å². The topological polar surface area (TPSA) is 162 Å². The highest BCUT2D eigenvalue weighted by molar-refractivity contribution is 5.06. The fourth-order valence-electron chi connectivity index (χ4n) is 1.29. The first kappa shape index (κ1) is 11.8. The summed E-state index contributed by atoms with van der Waals surface area (Å²) in [5, 5.41) is 72.0. The molecular weight excluding hydrogens is 200 g/mol. The van der Waals surface area contributed by atoms with Gasteiger partial charge >= 0.3 is 0 Å². The van der Waals surface area contributed by atoms with Crippen molar-refractivity contribution >= 4 is 0 Å². The van der Waals surface area contributed by atoms with E-state index >= 15 is 0 Å². The van der Waals surface area contributed by atoms with Crippen LogP contribution in [0.25, 0.3) is 0 Å². The van der Waals surface area contributed by atoms with Gasteiger partial charge in [-0.3, -0.25) is 0 Å². The lowest BCUT2D eigenvalue weighted by Crippen LogP contribution is -2.77. The third-order valence-electron chi connectivity index (χ3n) is 2.36. The zero-order chi connectivity index (χ0) is 11.3. The molecule has 4 atom stereocenters. The van der Waals surface area contributed by atoms with Crippen LogP contribution < -0.4 is 0 Å². The predicted octanol–water partition coefficient (Wildman–Crippen LogP) is -5.19. The Labute approximate surface area is 77.9 Å². The van der Waals surface area contributed by atoms with Crippen LogP contribution in [-0.2, 0) is 0 Å². The highest BCUT2D eigenvalue weighted by Crippen LogP contribution is 2.34. The van der Waals surface area contributed by atoms with Gasteiger partial charge in [0.25, 0.3) is 11.6 Å². The van der Waals surface area contributed by atoms with Crippen molar-refractivity contribution in [3.05, 3.63) is 0 Å². The van der Waals surface area contributed by atoms with Gasteiger partial charge in [-0.15, -0.1) is 0 Å². The second-order valence-electron chi connectivity index (χ2n) is 3.32. The third kappa shape index (κ3) is 1.25. The van der Waals surface area contributed by atoms with Crippen LogP contribution >= 0.6 is 0 Å². The van der Waals surface area contributed by atoms with Gasteiger partial charge < -0.3 is 40.9 Å². The van der Waals surface area contributed by atoms with E-state index in [2.05, 4.69) is 0 Å². The Morgan fingerprint density at radius 1 is 0.571 bits per heavy atom. The molecule has 0 aromatic heterocycles. The highest BCUT2D eigenvalue weighted by atomic mass is 16.6. The van der Waals surface area contributed by atoms with Crippen molar-refractivity contribution in [2.24, 2.45) is 0 Å². The van der Waals surface area contributed by atoms with Crippen LogP contribution in [0, 0.1) is 0 Å². The van der Waals surface area contributed by atoms with Gasteiger partial charge in [0.1, 0.15) is 24.4 Å². The Morgan fingerprint density at radius 3 is 1.00 bits per heavy atom. The maximum absolute atomic E-state index is 9.00. The Morgan fingerprint density at radius 2 is 0.786 bits per heavy atom. The van der Waals surface area contributed by atoms with Crippen LogP contribution in [0.5, 0.6) is 0 Å². The molecule has 0 amide bonds. The summed E-state index contributed by atoms with van der Waals surface area (Å²) in [5.41, 5.74) is 0. The normalized spacial score (nSPS) is 46.3. The van der Waals surface area contributed by atoms with Gasteiger partial charge in [-0.25, -0.2) is 0 Å². The highest BCUT2D eigenvalue weighted by Gasteiger charge is 2.66. The van der Waals surface area contributed by atoms with Gasteiger partial charge in [0.2, 0.25) is 0 Å². The van der Waals surface area contributed by atoms with Crippen molar-refractivity contribution in [1.82, 2.24) is 0 Å². The quantitative estimate of drug-likeness (QED) is 0.185. The summed E-state index contributed by atoms with van der Waals surface area (Å²) in [7, 11) is 0. The molecule has 1 aliphatic carbocycles. The maximum Gasteiger partial charge on any atom is 0.250 e. The van der Waals surface area contributed by atoms with Crippen LogP contribution in [-0.4, -0.2) is 76.8 Å². The van der Waals surface area contributed by atoms with Crippen molar-refractivity contribution in [3.63, 3.8) is 0 Å². The molecular formula is C6H12O8. The zero-order valence-electron chi connectivity index (χ0n) is 6.89. The molecule has 0 bridgehead atoms. The summed E-state index contributed by atoms with van der Waals surface area (Å²) in [6, 6.07) is 0. The van der Waals surface area contributed by atoms with E-state index in [9.17, 15) is 0 Å². The summed E-state index contributed by atoms with van der Waals surface area (Å²) in [6.07, 6.45) is -9.05. The standard InChI is InChI=1S/C6H12O8/c7-1-2(8)4(10)6(13,14)5(11,12)3(1)9/h1-4,7-14H/t1-,2-,3-,4+/m1/s1. The Hall–Kier alpha value is -0.320. The number of aliphatic hydroxyl groups excluding tert-OH is 4. The van der Waals surface area contributed by atoms with E-state index in [-0.39, 0.29) is 0 Å². The molecule has 1 fully saturated rings. The summed E-state index contributed by atoms with van der Waals surface area (Å²) in [5.74, 6) is -7.07. The number of aliphatic hydroxyl groups is 8. The second kappa shape index (κ2) is 3.08. The van der Waals surface area contributed by atoms with Gasteiger partial charge in [-0.1, -0.05) is 0 Å². The predicted molar refractivity (Wildman–Crippen MR) is 38.4 cm³/mol. The first-order valence-corrected chi connectivity index (χ1v) is 3.75. The first-order valence-electron chi connectivity index (χ1n) is 3.75. The molecule has 0 saturated heterocycles. The van der Waals surface area contributed by atoms with Crippen LogP contribution in [0.15, 0.2) is 0 Å². The van der Waals surface area contributed by atoms with Crippen LogP contribution in [0.3, 0.4) is 0 Å². The van der Waals surface area contributed by atoms with Crippen molar-refractivity contribution in [3.8, 4) is 0 Å². The number of hydrogen-bond acceptors (Lipinski definition) is 8. The SMILES string of the molecule is O[C@@H]1[C@@H](O)[C@H](O)C(O)(O)C(O)(O)[C@@H]1O. The molecule has 14 heavy (non-hydrogen) atoms. The van der Waals surface area contributed by atoms with Crippen molar-refractivity contribution < 1.29 is 40.9 Å². The number of hydrogen-bond donors (Lipinski definition) is 8. The van der Waals surface area contributed by atoms with Gasteiger partial charge in [0.15, 0.2) is 0 Å². The summed E-state index contributed by atoms with van der Waals surface area (Å²) in [4.78, 5) is 0. The molecule has 0 spiro atoms. The van der Waals surface area contributed by atoms with E-state index in [1.54, 1.807) is 0 Å². The van der Waals surface area contributed by atoms with Gasteiger partial charge in [-0.05, 0) is 0 Å². The molecule has 0 aromatic carbocycles. The lowest BCUT2D eigenvalue weighted by Gasteiger charge is -2.48. The molecule has 0 unspecified atom stereocenters. The average molecular weight is 212 g/mol. The molecule has 0 heterocycles. The second-order valence-corrected chi connectivity index (χ2v) is 3.32. The van der Waals surface area contributed by atoms with E-state index in [0.717, 1.165) is 0 Å². The molecule has 8 heteroatoms. The van der Waals surface area contributed by atoms with Crippen LogP contribution in [0.2, 0.25) is 0 Å². The van der Waals surface area contributed by atoms with E-state index in [4.69, 9.17) is 40.9 Å². The molecule has 1 saturated carbocycles. The average Bonchev–Trinajstić information content (AvgIpc) is 2.10. The Kier molecular flexibility index (Phi) is 2.59. The minimum Gasteiger partial charge on any atom is -0.387 e. The molecule has 84 valence electrons. The van der Waals surface area contributed by atoms with E-state index in [1.165, 1.54) is 0 Å². The molecule has 1 aliphatic rings. The summed E-state index contributed by atoms with van der Waals surface area (Å²) in [6.45, 7) is 0. The lowest BCUT2D eigenvalue weighted by molar-refractivity contribution is -0.444. The molecule has 0 aromatic rings. The smallest absolute Gasteiger partial charge is 0.250 e. The van der Waals surface area contributed by atoms with Crippen LogP contribution in [0.4, 0.5) is 0 Å². The zero-order valence-corrected chi connectivity index (χ0v) is 6.89. The van der Waals surface area contributed by atoms with Gasteiger partial charge in [0.05, 0.1) is 0 Å². The van der Waals surface area contributed by atoms with Crippen LogP contribution in [0.1, 0.15) is 0 Å². The fourth-order valence-corrected chi connectivity index (χ4v) is 1.29.